The van der Waals surface area contributed by atoms with Crippen LogP contribution in [0, 0.1) is 0 Å². The molecular weight excluding hydrogens is 286 g/mol. The Morgan fingerprint density at radius 3 is 2.69 bits per heavy atom. The van der Waals surface area contributed by atoms with Crippen LogP contribution in [0.25, 0.3) is 0 Å². The fraction of sp³-hybridized carbons (Fsp3) is 0.538. The highest BCUT2D eigenvalue weighted by molar-refractivity contribution is 9.10. The number of nitrogens with zero attached hydrogens (tertiary/aromatic N) is 1. The molecule has 0 spiro atoms. The molecule has 3 heteroatoms. The number of benzene rings is 1. The summed E-state index contributed by atoms with van der Waals surface area (Å²) in [6, 6.07) is 6.30. The summed E-state index contributed by atoms with van der Waals surface area (Å²) in [5, 5.41) is 0. The van der Waals surface area contributed by atoms with Gasteiger partial charge in [-0.25, -0.2) is 0 Å². The lowest BCUT2D eigenvalue weighted by molar-refractivity contribution is 0.704. The minimum atomic E-state index is 0.562. The summed E-state index contributed by atoms with van der Waals surface area (Å²) in [5.41, 5.74) is 2.43. The summed E-state index contributed by atoms with van der Waals surface area (Å²) in [5.74, 6) is 0.562. The number of anilines is 1. The molecule has 0 aliphatic heterocycles. The molecule has 0 unspecified atom stereocenters. The van der Waals surface area contributed by atoms with Crippen molar-refractivity contribution >= 4 is 33.2 Å². The predicted molar refractivity (Wildman–Crippen MR) is 76.5 cm³/mol. The number of halogens is 2. The number of hydrogen-bond donors (Lipinski definition) is 0. The lowest BCUT2D eigenvalue weighted by Crippen LogP contribution is -2.19. The van der Waals surface area contributed by atoms with Crippen LogP contribution in [0.15, 0.2) is 22.7 Å². The highest BCUT2D eigenvalue weighted by Crippen LogP contribution is 2.25. The van der Waals surface area contributed by atoms with Crippen LogP contribution in [0.3, 0.4) is 0 Å². The van der Waals surface area contributed by atoms with Gasteiger partial charge in [0.05, 0.1) is 0 Å². The van der Waals surface area contributed by atoms with E-state index in [1.807, 2.05) is 0 Å². The first kappa shape index (κ1) is 13.9. The van der Waals surface area contributed by atoms with Gasteiger partial charge in [0.15, 0.2) is 0 Å². The van der Waals surface area contributed by atoms with E-state index in [9.17, 15) is 0 Å². The molecule has 0 aliphatic carbocycles. The van der Waals surface area contributed by atoms with Gasteiger partial charge in [-0.3, -0.25) is 0 Å². The highest BCUT2D eigenvalue weighted by atomic mass is 79.9. The van der Waals surface area contributed by atoms with E-state index in [2.05, 4.69) is 53.0 Å². The Morgan fingerprint density at radius 2 is 2.06 bits per heavy atom. The van der Waals surface area contributed by atoms with Crippen molar-refractivity contribution in [1.29, 1.82) is 0 Å². The van der Waals surface area contributed by atoms with Crippen molar-refractivity contribution < 1.29 is 0 Å². The fourth-order valence-electron chi connectivity index (χ4n) is 1.75. The topological polar surface area (TPSA) is 3.24 Å². The average Bonchev–Trinajstić information content (AvgIpc) is 2.29. The monoisotopic (exact) mass is 303 g/mol. The summed E-state index contributed by atoms with van der Waals surface area (Å²) < 4.78 is 1.09. The van der Waals surface area contributed by atoms with Crippen molar-refractivity contribution in [1.82, 2.24) is 0 Å². The van der Waals surface area contributed by atoms with Crippen LogP contribution in [0.5, 0.6) is 0 Å². The van der Waals surface area contributed by atoms with Gasteiger partial charge < -0.3 is 4.90 Å². The quantitative estimate of drug-likeness (QED) is 0.538. The Labute approximate surface area is 112 Å². The molecule has 0 saturated carbocycles. The minimum absolute atomic E-state index is 0.562. The maximum Gasteiger partial charge on any atom is 0.0494 e. The Bertz CT molecular complexity index is 328. The Morgan fingerprint density at radius 1 is 1.31 bits per heavy atom. The third-order valence-electron chi connectivity index (χ3n) is 2.69. The molecule has 1 nitrogen and oxygen atoms in total. The zero-order valence-electron chi connectivity index (χ0n) is 9.97. The fourth-order valence-corrected chi connectivity index (χ4v) is 2.38. The van der Waals surface area contributed by atoms with Gasteiger partial charge in [-0.15, -0.1) is 11.6 Å². The molecule has 0 N–H and O–H groups in total. The predicted octanol–water partition coefficient (Wildman–Crippen LogP) is 4.81. The molecule has 90 valence electrons. The van der Waals surface area contributed by atoms with Crippen LogP contribution in [0.1, 0.15) is 31.7 Å². The summed E-state index contributed by atoms with van der Waals surface area (Å²) in [6.45, 7) is 3.32. The van der Waals surface area contributed by atoms with Crippen LogP contribution < -0.4 is 4.90 Å². The molecule has 1 aromatic carbocycles. The second-order valence-corrected chi connectivity index (χ2v) is 5.22. The third-order valence-corrected chi connectivity index (χ3v) is 3.48. The first-order chi connectivity index (χ1) is 7.69. The number of unbranched alkanes of at least 4 members (excludes halogenated alkanes) is 2. The Kier molecular flexibility index (Phi) is 6.22. The van der Waals surface area contributed by atoms with Crippen molar-refractivity contribution in [2.45, 2.75) is 32.1 Å². The summed E-state index contributed by atoms with van der Waals surface area (Å²) in [7, 11) is 2.13. The Balaban J connectivity index is 2.70. The van der Waals surface area contributed by atoms with Crippen LogP contribution >= 0.6 is 27.5 Å². The highest BCUT2D eigenvalue weighted by Gasteiger charge is 2.06. The van der Waals surface area contributed by atoms with Gasteiger partial charge in [-0.1, -0.05) is 35.7 Å². The molecule has 16 heavy (non-hydrogen) atoms. The minimum Gasteiger partial charge on any atom is -0.374 e. The molecule has 0 bridgehead atoms. The summed E-state index contributed by atoms with van der Waals surface area (Å²) >= 11 is 9.43. The largest absolute Gasteiger partial charge is 0.374 e. The lowest BCUT2D eigenvalue weighted by atomic mass is 10.1. The van der Waals surface area contributed by atoms with E-state index < -0.39 is 0 Å². The van der Waals surface area contributed by atoms with E-state index in [1.165, 1.54) is 30.5 Å². The van der Waals surface area contributed by atoms with Gasteiger partial charge in [-0.2, -0.15) is 0 Å². The van der Waals surface area contributed by atoms with Gasteiger partial charge in [0.2, 0.25) is 0 Å². The second-order valence-electron chi connectivity index (χ2n) is 4.04. The van der Waals surface area contributed by atoms with Crippen molar-refractivity contribution in [3.8, 4) is 0 Å². The van der Waals surface area contributed by atoms with Gasteiger partial charge in [0.1, 0.15) is 0 Å². The van der Waals surface area contributed by atoms with E-state index in [0.29, 0.717) is 5.88 Å². The second kappa shape index (κ2) is 7.18. The van der Waals surface area contributed by atoms with Crippen molar-refractivity contribution in [3.63, 3.8) is 0 Å². The van der Waals surface area contributed by atoms with Crippen LogP contribution in [0.4, 0.5) is 5.69 Å². The molecule has 1 rings (SSSR count). The maximum atomic E-state index is 5.96. The lowest BCUT2D eigenvalue weighted by Gasteiger charge is -2.22. The molecule has 1 aromatic rings. The molecule has 0 aromatic heterocycles. The van der Waals surface area contributed by atoms with Crippen LogP contribution in [0.2, 0.25) is 0 Å². The summed E-state index contributed by atoms with van der Waals surface area (Å²) in [4.78, 5) is 2.29. The Hall–Kier alpha value is -0.210. The van der Waals surface area contributed by atoms with Gasteiger partial charge in [0, 0.05) is 29.6 Å². The first-order valence-electron chi connectivity index (χ1n) is 5.74. The molecular formula is C13H19BrClN. The van der Waals surface area contributed by atoms with Crippen molar-refractivity contribution in [2.24, 2.45) is 0 Å². The molecule has 0 saturated heterocycles. The van der Waals surface area contributed by atoms with E-state index in [0.717, 1.165) is 11.0 Å². The van der Waals surface area contributed by atoms with E-state index in [4.69, 9.17) is 11.6 Å². The molecule has 0 fully saturated rings. The zero-order valence-corrected chi connectivity index (χ0v) is 12.3. The van der Waals surface area contributed by atoms with E-state index in [1.54, 1.807) is 0 Å². The van der Waals surface area contributed by atoms with Gasteiger partial charge >= 0.3 is 0 Å². The van der Waals surface area contributed by atoms with Crippen molar-refractivity contribution in [3.05, 3.63) is 28.2 Å². The van der Waals surface area contributed by atoms with Gasteiger partial charge in [0.25, 0.3) is 0 Å². The average molecular weight is 305 g/mol. The van der Waals surface area contributed by atoms with E-state index in [-0.39, 0.29) is 0 Å². The first-order valence-corrected chi connectivity index (χ1v) is 7.07. The number of alkyl halides is 1. The third kappa shape index (κ3) is 3.99. The SMILES string of the molecule is CCCCCN(C)c1ccc(Br)cc1CCl. The zero-order chi connectivity index (χ0) is 12.0. The summed E-state index contributed by atoms with van der Waals surface area (Å²) in [6.07, 6.45) is 3.79. The smallest absolute Gasteiger partial charge is 0.0494 e. The molecule has 0 heterocycles. The maximum absolute atomic E-state index is 5.96. The molecule has 0 atom stereocenters. The van der Waals surface area contributed by atoms with Crippen molar-refractivity contribution in [2.75, 3.05) is 18.5 Å². The van der Waals surface area contributed by atoms with E-state index >= 15 is 0 Å². The number of hydrogen-bond acceptors (Lipinski definition) is 1. The molecule has 0 amide bonds. The van der Waals surface area contributed by atoms with Crippen LogP contribution in [-0.2, 0) is 5.88 Å². The molecule has 0 radical (unpaired) electrons. The molecule has 0 aliphatic rings. The standard InChI is InChI=1S/C13H19BrClN/c1-3-4-5-8-16(2)13-7-6-12(14)9-11(13)10-15/h6-7,9H,3-5,8,10H2,1-2H3. The van der Waals surface area contributed by atoms with Crippen LogP contribution in [-0.4, -0.2) is 13.6 Å². The normalized spacial score (nSPS) is 10.5. The van der Waals surface area contributed by atoms with Gasteiger partial charge in [-0.05, 0) is 30.2 Å². The number of rotatable bonds is 6.